The van der Waals surface area contributed by atoms with E-state index in [-0.39, 0.29) is 0 Å². The lowest BCUT2D eigenvalue weighted by Crippen LogP contribution is -2.30. The van der Waals surface area contributed by atoms with Gasteiger partial charge in [0.1, 0.15) is 5.78 Å². The summed E-state index contributed by atoms with van der Waals surface area (Å²) in [5, 5.41) is 0.346. The first-order valence-electron chi connectivity index (χ1n) is 4.06. The minimum absolute atomic E-state index is 0.346. The number of hydrogen-bond acceptors (Lipinski definition) is 3. The lowest BCUT2D eigenvalue weighted by molar-refractivity contribution is -0.116. The van der Waals surface area contributed by atoms with Gasteiger partial charge in [-0.25, -0.2) is 0 Å². The number of rotatable bonds is 1. The number of fused-ring (bicyclic) bond motifs is 1. The van der Waals surface area contributed by atoms with Crippen molar-refractivity contribution in [2.45, 2.75) is 17.8 Å². The predicted molar refractivity (Wildman–Crippen MR) is 50.1 cm³/mol. The molecular weight excluding hydrogens is 170 g/mol. The van der Waals surface area contributed by atoms with Crippen LogP contribution in [0.3, 0.4) is 0 Å². The fourth-order valence-electron chi connectivity index (χ4n) is 1.78. The van der Waals surface area contributed by atoms with Crippen molar-refractivity contribution in [1.29, 1.82) is 0 Å². The summed E-state index contributed by atoms with van der Waals surface area (Å²) < 4.78 is 0. The van der Waals surface area contributed by atoms with E-state index in [0.717, 1.165) is 12.2 Å². The fraction of sp³-hybridized carbons (Fsp3) is 0.556. The molecule has 2 heterocycles. The highest BCUT2D eigenvalue weighted by Gasteiger charge is 2.39. The van der Waals surface area contributed by atoms with E-state index in [0.29, 0.717) is 23.7 Å². The Morgan fingerprint density at radius 3 is 3.33 bits per heavy atom. The SMILES string of the molecule is C=C=CC1SCC2CC(=O)CN21. The number of ketones is 1. The van der Waals surface area contributed by atoms with Crippen LogP contribution in [-0.4, -0.2) is 34.4 Å². The molecule has 2 saturated heterocycles. The lowest BCUT2D eigenvalue weighted by atomic mass is 10.2. The van der Waals surface area contributed by atoms with Gasteiger partial charge >= 0.3 is 0 Å². The Morgan fingerprint density at radius 1 is 1.75 bits per heavy atom. The standard InChI is InChI=1S/C9H11NOS/c1-2-3-9-10-5-8(11)4-7(10)6-12-9/h3,7,9H,1,4-6H2. The number of Topliss-reactive ketones (excluding diaryl/α,β-unsaturated/α-hetero) is 1. The van der Waals surface area contributed by atoms with Gasteiger partial charge in [0.05, 0.1) is 11.9 Å². The average Bonchev–Trinajstić information content (AvgIpc) is 2.52. The third kappa shape index (κ3) is 1.24. The first-order chi connectivity index (χ1) is 5.81. The van der Waals surface area contributed by atoms with Gasteiger partial charge in [-0.3, -0.25) is 9.69 Å². The van der Waals surface area contributed by atoms with Crippen LogP contribution in [0.2, 0.25) is 0 Å². The van der Waals surface area contributed by atoms with Crippen molar-refractivity contribution in [1.82, 2.24) is 4.90 Å². The van der Waals surface area contributed by atoms with Gasteiger partial charge in [-0.05, 0) is 6.08 Å². The maximum absolute atomic E-state index is 11.1. The van der Waals surface area contributed by atoms with Crippen LogP contribution in [0.15, 0.2) is 18.4 Å². The normalized spacial score (nSPS) is 34.8. The first kappa shape index (κ1) is 8.11. The van der Waals surface area contributed by atoms with E-state index in [1.165, 1.54) is 0 Å². The molecule has 0 bridgehead atoms. The van der Waals surface area contributed by atoms with Crippen LogP contribution in [0.5, 0.6) is 0 Å². The molecule has 0 amide bonds. The molecule has 2 aliphatic rings. The van der Waals surface area contributed by atoms with Crippen LogP contribution in [0.25, 0.3) is 0 Å². The molecule has 3 heteroatoms. The highest BCUT2D eigenvalue weighted by Crippen LogP contribution is 2.34. The second-order valence-electron chi connectivity index (χ2n) is 3.16. The fourth-order valence-corrected chi connectivity index (χ4v) is 3.14. The van der Waals surface area contributed by atoms with Crippen molar-refractivity contribution >= 4 is 17.5 Å². The summed E-state index contributed by atoms with van der Waals surface area (Å²) in [7, 11) is 0. The summed E-state index contributed by atoms with van der Waals surface area (Å²) in [6, 6.07) is 0.483. The third-order valence-corrected chi connectivity index (χ3v) is 3.66. The highest BCUT2D eigenvalue weighted by molar-refractivity contribution is 8.00. The molecule has 0 saturated carbocycles. The zero-order valence-corrected chi connectivity index (χ0v) is 7.64. The quantitative estimate of drug-likeness (QED) is 0.564. The van der Waals surface area contributed by atoms with E-state index in [1.807, 2.05) is 17.8 Å². The zero-order chi connectivity index (χ0) is 8.55. The van der Waals surface area contributed by atoms with Gasteiger partial charge < -0.3 is 0 Å². The average molecular weight is 181 g/mol. The highest BCUT2D eigenvalue weighted by atomic mass is 32.2. The first-order valence-corrected chi connectivity index (χ1v) is 5.11. The molecule has 64 valence electrons. The van der Waals surface area contributed by atoms with E-state index in [4.69, 9.17) is 0 Å². The lowest BCUT2D eigenvalue weighted by Gasteiger charge is -2.17. The molecule has 0 radical (unpaired) electrons. The van der Waals surface area contributed by atoms with Crippen molar-refractivity contribution in [3.8, 4) is 0 Å². The van der Waals surface area contributed by atoms with Gasteiger partial charge in [0.25, 0.3) is 0 Å². The summed E-state index contributed by atoms with van der Waals surface area (Å²) in [5.41, 5.74) is 2.79. The van der Waals surface area contributed by atoms with E-state index >= 15 is 0 Å². The van der Waals surface area contributed by atoms with Crippen molar-refractivity contribution in [3.05, 3.63) is 18.4 Å². The number of thioether (sulfide) groups is 1. The Morgan fingerprint density at radius 2 is 2.58 bits per heavy atom. The molecule has 2 rings (SSSR count). The van der Waals surface area contributed by atoms with E-state index in [9.17, 15) is 4.79 Å². The Bertz CT molecular complexity index is 257. The Hall–Kier alpha value is -0.500. The molecule has 2 aliphatic heterocycles. The molecule has 0 N–H and O–H groups in total. The Balaban J connectivity index is 2.12. The zero-order valence-electron chi connectivity index (χ0n) is 6.82. The van der Waals surface area contributed by atoms with Gasteiger partial charge in [0, 0.05) is 18.2 Å². The molecule has 2 fully saturated rings. The molecule has 0 aromatic rings. The van der Waals surface area contributed by atoms with Gasteiger partial charge in [0.15, 0.2) is 0 Å². The predicted octanol–water partition coefficient (Wildman–Crippen LogP) is 1.04. The summed E-state index contributed by atoms with van der Waals surface area (Å²) in [6.07, 6.45) is 2.69. The Labute approximate surface area is 76.3 Å². The molecule has 0 spiro atoms. The van der Waals surface area contributed by atoms with Crippen molar-refractivity contribution in [3.63, 3.8) is 0 Å². The largest absolute Gasteiger partial charge is 0.298 e. The van der Waals surface area contributed by atoms with Crippen LogP contribution in [-0.2, 0) is 4.79 Å². The van der Waals surface area contributed by atoms with Gasteiger partial charge in [-0.1, -0.05) is 6.58 Å². The minimum atomic E-state index is 0.346. The molecule has 12 heavy (non-hydrogen) atoms. The van der Waals surface area contributed by atoms with E-state index < -0.39 is 0 Å². The van der Waals surface area contributed by atoms with Crippen LogP contribution in [0.4, 0.5) is 0 Å². The van der Waals surface area contributed by atoms with Crippen LogP contribution in [0.1, 0.15) is 6.42 Å². The summed E-state index contributed by atoms with van der Waals surface area (Å²) >= 11 is 1.88. The number of hydrogen-bond donors (Lipinski definition) is 0. The van der Waals surface area contributed by atoms with Gasteiger partial charge in [-0.15, -0.1) is 17.5 Å². The molecule has 2 atom stereocenters. The maximum atomic E-state index is 11.1. The second-order valence-corrected chi connectivity index (χ2v) is 4.31. The van der Waals surface area contributed by atoms with Crippen molar-refractivity contribution < 1.29 is 4.79 Å². The molecule has 0 aromatic heterocycles. The van der Waals surface area contributed by atoms with Crippen molar-refractivity contribution in [2.24, 2.45) is 0 Å². The Kier molecular flexibility index (Phi) is 2.09. The van der Waals surface area contributed by atoms with E-state index in [2.05, 4.69) is 17.2 Å². The molecule has 0 aliphatic carbocycles. The number of carbonyl (C=O) groups is 1. The monoisotopic (exact) mass is 181 g/mol. The number of nitrogens with zero attached hydrogens (tertiary/aromatic N) is 1. The van der Waals surface area contributed by atoms with Gasteiger partial charge in [0.2, 0.25) is 0 Å². The smallest absolute Gasteiger partial charge is 0.148 e. The summed E-state index contributed by atoms with van der Waals surface area (Å²) in [6.45, 7) is 4.18. The maximum Gasteiger partial charge on any atom is 0.148 e. The van der Waals surface area contributed by atoms with Crippen LogP contribution < -0.4 is 0 Å². The van der Waals surface area contributed by atoms with Gasteiger partial charge in [-0.2, -0.15) is 0 Å². The molecule has 0 aromatic carbocycles. The second kappa shape index (κ2) is 3.09. The molecule has 2 nitrogen and oxygen atoms in total. The molecule has 2 unspecified atom stereocenters. The topological polar surface area (TPSA) is 20.3 Å². The number of carbonyl (C=O) groups excluding carboxylic acids is 1. The summed E-state index contributed by atoms with van der Waals surface area (Å²) in [5.74, 6) is 1.46. The van der Waals surface area contributed by atoms with Crippen molar-refractivity contribution in [2.75, 3.05) is 12.3 Å². The van der Waals surface area contributed by atoms with Crippen LogP contribution >= 0.6 is 11.8 Å². The minimum Gasteiger partial charge on any atom is -0.298 e. The molecular formula is C9H11NOS. The van der Waals surface area contributed by atoms with Crippen LogP contribution in [0, 0.1) is 0 Å². The van der Waals surface area contributed by atoms with E-state index in [1.54, 1.807) is 0 Å². The summed E-state index contributed by atoms with van der Waals surface area (Å²) in [4.78, 5) is 13.3. The third-order valence-electron chi connectivity index (χ3n) is 2.34.